The minimum Gasteiger partial charge on any atom is -1.00 e. The second-order valence-corrected chi connectivity index (χ2v) is 21.4. The largest absolute Gasteiger partial charge is 1.00 e. The number of nitrogens with two attached hydrogens (primary N) is 1. The van der Waals surface area contributed by atoms with Crippen LogP contribution in [0, 0.1) is 0 Å². The van der Waals surface area contributed by atoms with Gasteiger partial charge in [0.05, 0.1) is 70.4 Å². The Labute approximate surface area is 424 Å². The number of fused-ring (bicyclic) bond motifs is 2. The standard InChI is InChI=1S/C22H27ClN4O2S.C11H14ClN3O2S.C11H14ClN.CH3I.CH4.ClH/c23-17-4-2-15(3-5-17)16-6-11-27(12-7-16)21-24-18-8-13-30(29)19(18)20(25-21)26-22(14-28)9-1-10-22;12-10-13-7-2-5-18(17)8(7)9(14-10)15-11(6-16)3-1-4-11;12-11-3-1-9(2-4-11)10-5-7-13-8-6-10;1-2;;/h2-5,16,28H,1,6-14H2,(H,24,25,26);16H,1-6H2,(H,13,14,15);1-4,10,13H,5-8H2;1H3;1H4;1H. The zero-order valence-corrected chi connectivity index (χ0v) is 43.0. The van der Waals surface area contributed by atoms with E-state index in [2.05, 4.69) is 77.7 Å². The smallest absolute Gasteiger partial charge is 0.227 e. The highest BCUT2D eigenvalue weighted by atomic mass is 127. The van der Waals surface area contributed by atoms with E-state index in [4.69, 9.17) is 44.8 Å². The Morgan fingerprint density at radius 1 is 0.692 bits per heavy atom. The minimum absolute atomic E-state index is 0. The molecule has 10 rings (SSSR count). The number of rotatable bonds is 9. The van der Waals surface area contributed by atoms with E-state index < -0.39 is 21.6 Å². The van der Waals surface area contributed by atoms with Gasteiger partial charge in [0.25, 0.3) is 0 Å². The highest BCUT2D eigenvalue weighted by Gasteiger charge is 2.40. The number of aromatic nitrogens is 4. The van der Waals surface area contributed by atoms with Gasteiger partial charge in [0.1, 0.15) is 21.4 Å². The van der Waals surface area contributed by atoms with Gasteiger partial charge in [-0.15, -0.1) is 0 Å². The molecule has 4 fully saturated rings. The summed E-state index contributed by atoms with van der Waals surface area (Å²) in [5, 5.41) is 30.2. The Hall–Kier alpha value is -1.93. The molecule has 0 radical (unpaired) electrons. The predicted octanol–water partition coefficient (Wildman–Crippen LogP) is 5.10. The number of aliphatic hydroxyl groups excluding tert-OH is 2. The zero-order valence-electron chi connectivity index (χ0n) is 36.1. The number of quaternary nitrogens is 1. The maximum absolute atomic E-state index is 12.6. The number of hydrogen-bond acceptors (Lipinski definition) is 11. The molecule has 2 unspecified atom stereocenters. The summed E-state index contributed by atoms with van der Waals surface area (Å²) in [6, 6.07) is 16.5. The Bertz CT molecular complexity index is 2200. The average Bonchev–Trinajstić information content (AvgIpc) is 3.86. The van der Waals surface area contributed by atoms with Crippen LogP contribution in [0.4, 0.5) is 17.6 Å². The molecule has 0 spiro atoms. The van der Waals surface area contributed by atoms with Crippen molar-refractivity contribution in [1.29, 1.82) is 0 Å². The summed E-state index contributed by atoms with van der Waals surface area (Å²) in [5.74, 6) is 4.39. The number of nitrogens with zero attached hydrogens (tertiary/aromatic N) is 5. The van der Waals surface area contributed by atoms with Crippen molar-refractivity contribution >= 4 is 96.6 Å². The molecular formula is C46H63Cl4IN8O4S2. The molecular weight excluding hydrogens is 1060 g/mol. The van der Waals surface area contributed by atoms with Crippen molar-refractivity contribution < 1.29 is 36.4 Å². The van der Waals surface area contributed by atoms with Gasteiger partial charge in [0, 0.05) is 60.3 Å². The fraction of sp³-hybridized carbons (Fsp3) is 0.565. The quantitative estimate of drug-likeness (QED) is 0.0860. The third-order valence-electron chi connectivity index (χ3n) is 13.2. The summed E-state index contributed by atoms with van der Waals surface area (Å²) in [7, 11) is -2.13. The average molecular weight is 1120 g/mol. The summed E-state index contributed by atoms with van der Waals surface area (Å²) in [6.07, 6.45) is 11.9. The monoisotopic (exact) mass is 1120 g/mol. The Morgan fingerprint density at radius 2 is 1.12 bits per heavy atom. The number of aryl methyl sites for hydroxylation is 2. The molecule has 4 aliphatic heterocycles. The van der Waals surface area contributed by atoms with Gasteiger partial charge in [-0.2, -0.15) is 9.97 Å². The highest BCUT2D eigenvalue weighted by molar-refractivity contribution is 14.1. The van der Waals surface area contributed by atoms with Gasteiger partial charge in [-0.05, 0) is 115 Å². The number of piperidine rings is 2. The van der Waals surface area contributed by atoms with E-state index >= 15 is 0 Å². The van der Waals surface area contributed by atoms with Crippen molar-refractivity contribution in [2.45, 2.75) is 117 Å². The summed E-state index contributed by atoms with van der Waals surface area (Å²) in [5.41, 5.74) is 3.81. The third-order valence-corrected chi connectivity index (χ3v) is 16.8. The molecule has 2 aromatic carbocycles. The zero-order chi connectivity index (χ0) is 44.6. The van der Waals surface area contributed by atoms with Crippen molar-refractivity contribution in [2.75, 3.05) is 71.4 Å². The minimum atomic E-state index is -1.07. The van der Waals surface area contributed by atoms with E-state index in [1.165, 1.54) is 37.1 Å². The van der Waals surface area contributed by atoms with Crippen LogP contribution in [-0.2, 0) is 34.4 Å². The molecule has 358 valence electrons. The maximum atomic E-state index is 12.6. The second-order valence-electron chi connectivity index (χ2n) is 17.2. The number of aliphatic hydroxyl groups is 2. The summed E-state index contributed by atoms with van der Waals surface area (Å²) < 4.78 is 24.5. The molecule has 6 N–H and O–H groups in total. The van der Waals surface area contributed by atoms with Gasteiger partial charge in [0.15, 0.2) is 0 Å². The SMILES string of the molecule is C.CI.Clc1ccc(C2CC[NH2+]CC2)cc1.O=S1CCc2nc(Cl)nc(NC3(CO)CCC3)c21.O=S1CCc2nc(N3CCC(c4ccc(Cl)cc4)CC3)nc(NC3(CO)CCC3)c21.[Cl-]. The van der Waals surface area contributed by atoms with Gasteiger partial charge in [-0.3, -0.25) is 8.42 Å². The lowest BCUT2D eigenvalue weighted by molar-refractivity contribution is -0.663. The number of alkyl halides is 1. The molecule has 2 atom stereocenters. The molecule has 2 aromatic heterocycles. The van der Waals surface area contributed by atoms with Crippen molar-refractivity contribution in [3.63, 3.8) is 0 Å². The number of halogens is 5. The van der Waals surface area contributed by atoms with Crippen molar-refractivity contribution in [1.82, 2.24) is 19.9 Å². The fourth-order valence-electron chi connectivity index (χ4n) is 9.16. The van der Waals surface area contributed by atoms with Crippen LogP contribution in [-0.4, -0.2) is 105 Å². The molecule has 2 saturated heterocycles. The Morgan fingerprint density at radius 3 is 1.55 bits per heavy atom. The van der Waals surface area contributed by atoms with Crippen molar-refractivity contribution in [2.24, 2.45) is 0 Å². The van der Waals surface area contributed by atoms with Crippen LogP contribution in [0.25, 0.3) is 0 Å². The number of anilines is 3. The topological polar surface area (TPSA) is 170 Å². The summed E-state index contributed by atoms with van der Waals surface area (Å²) in [4.78, 5) is 23.5. The maximum Gasteiger partial charge on any atom is 0.227 e. The fourth-order valence-corrected chi connectivity index (χ4v) is 12.2. The van der Waals surface area contributed by atoms with Crippen LogP contribution in [0.3, 0.4) is 0 Å². The molecule has 6 aliphatic rings. The van der Waals surface area contributed by atoms with Gasteiger partial charge in [-0.1, -0.05) is 77.5 Å². The number of nitrogens with one attached hydrogen (secondary N) is 2. The molecule has 0 amide bonds. The molecule has 4 aromatic rings. The van der Waals surface area contributed by atoms with Crippen LogP contribution >= 0.6 is 57.4 Å². The van der Waals surface area contributed by atoms with Crippen LogP contribution in [0.15, 0.2) is 58.3 Å². The highest BCUT2D eigenvalue weighted by Crippen LogP contribution is 2.40. The lowest BCUT2D eigenvalue weighted by atomic mass is 9.77. The molecule has 2 saturated carbocycles. The van der Waals surface area contributed by atoms with Crippen LogP contribution < -0.4 is 33.3 Å². The first kappa shape index (κ1) is 54.0. The molecule has 12 nitrogen and oxygen atoms in total. The molecule has 65 heavy (non-hydrogen) atoms. The molecule has 6 heterocycles. The van der Waals surface area contributed by atoms with Crippen LogP contribution in [0.5, 0.6) is 0 Å². The van der Waals surface area contributed by atoms with Gasteiger partial charge in [0.2, 0.25) is 11.2 Å². The summed E-state index contributed by atoms with van der Waals surface area (Å²) in [6.45, 7) is 4.44. The van der Waals surface area contributed by atoms with E-state index in [0.29, 0.717) is 40.4 Å². The Balaban J connectivity index is 0.000000193. The number of benzene rings is 2. The molecule has 2 aliphatic carbocycles. The normalized spacial score (nSPS) is 21.3. The Kier molecular flexibility index (Phi) is 20.8. The van der Waals surface area contributed by atoms with Crippen LogP contribution in [0.2, 0.25) is 15.3 Å². The first-order valence-electron chi connectivity index (χ1n) is 22.0. The number of hydrogen-bond donors (Lipinski definition) is 5. The molecule has 0 bridgehead atoms. The van der Waals surface area contributed by atoms with Gasteiger partial charge < -0.3 is 43.5 Å². The lowest BCUT2D eigenvalue weighted by Crippen LogP contribution is -3.00. The first-order chi connectivity index (χ1) is 30.6. The lowest BCUT2D eigenvalue weighted by Gasteiger charge is -2.42. The van der Waals surface area contributed by atoms with E-state index in [9.17, 15) is 18.6 Å². The second kappa shape index (κ2) is 25.1. The van der Waals surface area contributed by atoms with Gasteiger partial charge in [-0.25, -0.2) is 9.97 Å². The van der Waals surface area contributed by atoms with Crippen molar-refractivity contribution in [3.05, 3.63) is 86.4 Å². The van der Waals surface area contributed by atoms with E-state index in [1.54, 1.807) is 0 Å². The van der Waals surface area contributed by atoms with Crippen molar-refractivity contribution in [3.8, 4) is 0 Å². The van der Waals surface area contributed by atoms with E-state index in [1.807, 2.05) is 29.2 Å². The first-order valence-corrected chi connectivity index (χ1v) is 28.0. The molecule has 19 heteroatoms. The van der Waals surface area contributed by atoms with E-state index in [-0.39, 0.29) is 49.4 Å². The van der Waals surface area contributed by atoms with Gasteiger partial charge >= 0.3 is 0 Å². The summed E-state index contributed by atoms with van der Waals surface area (Å²) >= 11 is 19.9. The van der Waals surface area contributed by atoms with Crippen LogP contribution in [0.1, 0.15) is 106 Å². The third kappa shape index (κ3) is 13.2. The predicted molar refractivity (Wildman–Crippen MR) is 271 cm³/mol. The van der Waals surface area contributed by atoms with E-state index in [0.717, 1.165) is 109 Å².